The monoisotopic (exact) mass is 274 g/mol. The van der Waals surface area contributed by atoms with Crippen LogP contribution in [0.3, 0.4) is 0 Å². The first-order valence-corrected chi connectivity index (χ1v) is 7.13. The lowest BCUT2D eigenvalue weighted by Crippen LogP contribution is -2.10. The van der Waals surface area contributed by atoms with Crippen LogP contribution in [0.4, 0.5) is 0 Å². The van der Waals surface area contributed by atoms with Gasteiger partial charge in [-0.05, 0) is 25.0 Å². The number of hydrogen-bond acceptors (Lipinski definition) is 4. The number of benzene rings is 1. The fourth-order valence-corrected chi connectivity index (χ4v) is 2.95. The van der Waals surface area contributed by atoms with Crippen LogP contribution in [-0.2, 0) is 24.2 Å². The number of nitrogens with zero attached hydrogens (tertiary/aromatic N) is 1. The van der Waals surface area contributed by atoms with Gasteiger partial charge in [-0.3, -0.25) is 4.79 Å². The molecular formula is C15H18N2OS. The minimum Gasteiger partial charge on any atom is -0.326 e. The number of Topliss-reactive ketones (excluding diaryl/α,β-unsaturated/α-hetero) is 1. The Hall–Kier alpha value is -1.52. The summed E-state index contributed by atoms with van der Waals surface area (Å²) in [5.41, 5.74) is 8.78. The molecule has 0 spiro atoms. The number of hydrogen-bond donors (Lipinski definition) is 1. The molecule has 2 N–H and O–H groups in total. The van der Waals surface area contributed by atoms with Gasteiger partial charge in [-0.1, -0.05) is 24.3 Å². The Kier molecular flexibility index (Phi) is 4.45. The van der Waals surface area contributed by atoms with E-state index in [4.69, 9.17) is 5.73 Å². The van der Waals surface area contributed by atoms with E-state index in [0.29, 0.717) is 19.4 Å². The van der Waals surface area contributed by atoms with E-state index in [1.165, 1.54) is 4.88 Å². The fraction of sp³-hybridized carbons (Fsp3) is 0.333. The Morgan fingerprint density at radius 3 is 2.47 bits per heavy atom. The summed E-state index contributed by atoms with van der Waals surface area (Å²) in [5.74, 6) is 0.189. The molecule has 0 aliphatic carbocycles. The Balaban J connectivity index is 2.05. The van der Waals surface area contributed by atoms with Crippen molar-refractivity contribution in [1.82, 2.24) is 4.98 Å². The first kappa shape index (κ1) is 13.9. The summed E-state index contributed by atoms with van der Waals surface area (Å²) in [6.45, 7) is 4.48. The van der Waals surface area contributed by atoms with Crippen LogP contribution < -0.4 is 5.73 Å². The van der Waals surface area contributed by atoms with E-state index in [-0.39, 0.29) is 5.78 Å². The Morgan fingerprint density at radius 1 is 1.21 bits per heavy atom. The number of carbonyl (C=O) groups is 1. The SMILES string of the molecule is Cc1nc(CC(=O)Cc2ccccc2CN)sc1C. The second kappa shape index (κ2) is 6.08. The van der Waals surface area contributed by atoms with Crippen molar-refractivity contribution in [2.24, 2.45) is 5.73 Å². The van der Waals surface area contributed by atoms with Gasteiger partial charge in [0.2, 0.25) is 0 Å². The minimum atomic E-state index is 0.189. The predicted molar refractivity (Wildman–Crippen MR) is 78.3 cm³/mol. The fourth-order valence-electron chi connectivity index (χ4n) is 1.99. The molecule has 0 fully saturated rings. The van der Waals surface area contributed by atoms with Crippen molar-refractivity contribution in [3.63, 3.8) is 0 Å². The third-order valence-corrected chi connectivity index (χ3v) is 4.22. The Morgan fingerprint density at radius 2 is 1.89 bits per heavy atom. The van der Waals surface area contributed by atoms with Crippen LogP contribution in [0, 0.1) is 13.8 Å². The average molecular weight is 274 g/mol. The number of aryl methyl sites for hydroxylation is 2. The van der Waals surface area contributed by atoms with Gasteiger partial charge in [0.1, 0.15) is 10.8 Å². The van der Waals surface area contributed by atoms with Gasteiger partial charge in [0.05, 0.1) is 12.1 Å². The summed E-state index contributed by atoms with van der Waals surface area (Å²) in [4.78, 5) is 17.7. The lowest BCUT2D eigenvalue weighted by Gasteiger charge is -2.05. The van der Waals surface area contributed by atoms with Crippen LogP contribution in [0.25, 0.3) is 0 Å². The topological polar surface area (TPSA) is 56.0 Å². The molecule has 0 radical (unpaired) electrons. The van der Waals surface area contributed by atoms with E-state index >= 15 is 0 Å². The first-order chi connectivity index (χ1) is 9.10. The molecule has 0 saturated heterocycles. The van der Waals surface area contributed by atoms with Gasteiger partial charge in [0, 0.05) is 17.8 Å². The molecule has 1 aromatic carbocycles. The molecular weight excluding hydrogens is 256 g/mol. The van der Waals surface area contributed by atoms with Crippen LogP contribution in [0.1, 0.15) is 26.7 Å². The third kappa shape index (κ3) is 3.49. The van der Waals surface area contributed by atoms with Crippen molar-refractivity contribution in [1.29, 1.82) is 0 Å². The molecule has 2 rings (SSSR count). The van der Waals surface area contributed by atoms with Gasteiger partial charge in [0.25, 0.3) is 0 Å². The number of thiazole rings is 1. The smallest absolute Gasteiger partial charge is 0.144 e. The normalized spacial score (nSPS) is 10.7. The molecule has 0 aliphatic rings. The highest BCUT2D eigenvalue weighted by Gasteiger charge is 2.11. The van der Waals surface area contributed by atoms with E-state index in [1.807, 2.05) is 38.1 Å². The molecule has 4 heteroatoms. The highest BCUT2D eigenvalue weighted by molar-refractivity contribution is 7.11. The summed E-state index contributed by atoms with van der Waals surface area (Å²) in [5, 5.41) is 0.908. The zero-order chi connectivity index (χ0) is 13.8. The average Bonchev–Trinajstić information content (AvgIpc) is 2.68. The van der Waals surface area contributed by atoms with Gasteiger partial charge in [-0.2, -0.15) is 0 Å². The zero-order valence-corrected chi connectivity index (χ0v) is 12.1. The molecule has 0 saturated carbocycles. The van der Waals surface area contributed by atoms with Crippen LogP contribution in [0.2, 0.25) is 0 Å². The number of nitrogens with two attached hydrogens (primary N) is 1. The van der Waals surface area contributed by atoms with Gasteiger partial charge in [0.15, 0.2) is 0 Å². The highest BCUT2D eigenvalue weighted by Crippen LogP contribution is 2.18. The zero-order valence-electron chi connectivity index (χ0n) is 11.3. The van der Waals surface area contributed by atoms with E-state index in [0.717, 1.165) is 21.8 Å². The van der Waals surface area contributed by atoms with Crippen molar-refractivity contribution in [2.45, 2.75) is 33.2 Å². The molecule has 19 heavy (non-hydrogen) atoms. The maximum Gasteiger partial charge on any atom is 0.144 e. The predicted octanol–water partition coefficient (Wildman–Crippen LogP) is 2.57. The number of aromatic nitrogens is 1. The van der Waals surface area contributed by atoms with Crippen LogP contribution in [0.5, 0.6) is 0 Å². The highest BCUT2D eigenvalue weighted by atomic mass is 32.1. The Labute approximate surface area is 117 Å². The van der Waals surface area contributed by atoms with Crippen LogP contribution in [0.15, 0.2) is 24.3 Å². The van der Waals surface area contributed by atoms with Crippen molar-refractivity contribution in [2.75, 3.05) is 0 Å². The van der Waals surface area contributed by atoms with E-state index in [9.17, 15) is 4.79 Å². The number of ketones is 1. The molecule has 100 valence electrons. The van der Waals surface area contributed by atoms with Gasteiger partial charge in [-0.25, -0.2) is 4.98 Å². The molecule has 0 aliphatic heterocycles. The lowest BCUT2D eigenvalue weighted by atomic mass is 10.0. The number of rotatable bonds is 5. The standard InChI is InChI=1S/C15H18N2OS/c1-10-11(2)19-15(17-10)8-14(18)7-12-5-3-4-6-13(12)9-16/h3-6H,7-9,16H2,1-2H3. The van der Waals surface area contributed by atoms with Gasteiger partial charge >= 0.3 is 0 Å². The number of carbonyl (C=O) groups excluding carboxylic acids is 1. The minimum absolute atomic E-state index is 0.189. The van der Waals surface area contributed by atoms with E-state index in [1.54, 1.807) is 11.3 Å². The van der Waals surface area contributed by atoms with Crippen molar-refractivity contribution < 1.29 is 4.79 Å². The van der Waals surface area contributed by atoms with Crippen molar-refractivity contribution >= 4 is 17.1 Å². The van der Waals surface area contributed by atoms with Crippen LogP contribution >= 0.6 is 11.3 Å². The molecule has 1 aromatic heterocycles. The summed E-state index contributed by atoms with van der Waals surface area (Å²) < 4.78 is 0. The molecule has 0 unspecified atom stereocenters. The first-order valence-electron chi connectivity index (χ1n) is 6.31. The Bertz CT molecular complexity index is 570. The molecule has 0 amide bonds. The van der Waals surface area contributed by atoms with Crippen molar-refractivity contribution in [3.8, 4) is 0 Å². The quantitative estimate of drug-likeness (QED) is 0.911. The second-order valence-electron chi connectivity index (χ2n) is 4.61. The summed E-state index contributed by atoms with van der Waals surface area (Å²) in [7, 11) is 0. The van der Waals surface area contributed by atoms with E-state index in [2.05, 4.69) is 4.98 Å². The van der Waals surface area contributed by atoms with Gasteiger partial charge in [-0.15, -0.1) is 11.3 Å². The van der Waals surface area contributed by atoms with Gasteiger partial charge < -0.3 is 5.73 Å². The summed E-state index contributed by atoms with van der Waals surface area (Å²) in [6, 6.07) is 7.84. The third-order valence-electron chi connectivity index (χ3n) is 3.15. The van der Waals surface area contributed by atoms with Crippen LogP contribution in [-0.4, -0.2) is 10.8 Å². The maximum absolute atomic E-state index is 12.1. The van der Waals surface area contributed by atoms with E-state index < -0.39 is 0 Å². The molecule has 3 nitrogen and oxygen atoms in total. The van der Waals surface area contributed by atoms with Crippen molar-refractivity contribution in [3.05, 3.63) is 51.0 Å². The second-order valence-corrected chi connectivity index (χ2v) is 5.90. The molecule has 0 atom stereocenters. The maximum atomic E-state index is 12.1. The molecule has 1 heterocycles. The molecule has 0 bridgehead atoms. The lowest BCUT2D eigenvalue weighted by molar-refractivity contribution is -0.117. The molecule has 2 aromatic rings. The summed E-state index contributed by atoms with van der Waals surface area (Å²) >= 11 is 1.61. The largest absolute Gasteiger partial charge is 0.326 e. The summed E-state index contributed by atoms with van der Waals surface area (Å²) in [6.07, 6.45) is 0.850.